The molecule has 3 aromatic rings. The fraction of sp³-hybridized carbons (Fsp3) is 0.286. The molecule has 6 heteroatoms. The Morgan fingerprint density at radius 2 is 1.59 bits per heavy atom. The summed E-state index contributed by atoms with van der Waals surface area (Å²) in [4.78, 5) is 25.7. The Morgan fingerprint density at radius 3 is 2.18 bits per heavy atom. The topological polar surface area (TPSA) is 70.1 Å². The van der Waals surface area contributed by atoms with Crippen LogP contribution in [-0.4, -0.2) is 53.2 Å². The van der Waals surface area contributed by atoms with Crippen molar-refractivity contribution in [2.45, 2.75) is 33.2 Å². The average Bonchev–Trinajstić information content (AvgIpc) is 2.87. The first kappa shape index (κ1) is 25.0. The summed E-state index contributed by atoms with van der Waals surface area (Å²) in [5.74, 6) is 0.607. The second-order valence-electron chi connectivity index (χ2n) is 8.22. The van der Waals surface area contributed by atoms with Crippen LogP contribution in [0.1, 0.15) is 35.3 Å². The maximum absolute atomic E-state index is 12.7. The van der Waals surface area contributed by atoms with Crippen LogP contribution < -0.4 is 4.74 Å². The molecule has 1 N–H and O–H groups in total. The SMILES string of the molecule is CCN(CC)C(=O)c1cccc(CC(COc2ccc(-c3ccc(C)cc3)cc2)N(O)C=O)c1. The van der Waals surface area contributed by atoms with Gasteiger partial charge in [-0.25, -0.2) is 5.06 Å². The highest BCUT2D eigenvalue weighted by molar-refractivity contribution is 5.94. The van der Waals surface area contributed by atoms with E-state index in [0.29, 0.717) is 42.3 Å². The maximum atomic E-state index is 12.7. The summed E-state index contributed by atoms with van der Waals surface area (Å²) in [6, 6.07) is 22.7. The molecular weight excluding hydrogens is 428 g/mol. The molecular formula is C28H32N2O4. The highest BCUT2D eigenvalue weighted by Gasteiger charge is 2.19. The van der Waals surface area contributed by atoms with Gasteiger partial charge in [-0.15, -0.1) is 0 Å². The molecule has 2 amide bonds. The zero-order valence-electron chi connectivity index (χ0n) is 20.0. The van der Waals surface area contributed by atoms with E-state index in [1.807, 2.05) is 56.3 Å². The Balaban J connectivity index is 1.68. The van der Waals surface area contributed by atoms with Gasteiger partial charge in [0.05, 0.1) is 6.04 Å². The summed E-state index contributed by atoms with van der Waals surface area (Å²) in [7, 11) is 0. The van der Waals surface area contributed by atoms with Gasteiger partial charge in [0.1, 0.15) is 12.4 Å². The molecule has 3 aromatic carbocycles. The molecule has 0 saturated heterocycles. The summed E-state index contributed by atoms with van der Waals surface area (Å²) in [6.07, 6.45) is 0.718. The summed E-state index contributed by atoms with van der Waals surface area (Å²) in [6.45, 7) is 7.31. The minimum atomic E-state index is -0.604. The van der Waals surface area contributed by atoms with Crippen LogP contribution in [0.2, 0.25) is 0 Å². The van der Waals surface area contributed by atoms with Crippen LogP contribution in [0, 0.1) is 6.92 Å². The number of amides is 2. The van der Waals surface area contributed by atoms with Crippen LogP contribution in [0.4, 0.5) is 0 Å². The molecule has 0 aromatic heterocycles. The smallest absolute Gasteiger partial charge is 0.253 e. The lowest BCUT2D eigenvalue weighted by atomic mass is 10.0. The monoisotopic (exact) mass is 460 g/mol. The first-order valence-corrected chi connectivity index (χ1v) is 11.6. The molecule has 3 rings (SSSR count). The number of hydrogen-bond donors (Lipinski definition) is 1. The van der Waals surface area contributed by atoms with E-state index in [1.54, 1.807) is 11.0 Å². The summed E-state index contributed by atoms with van der Waals surface area (Å²) < 4.78 is 5.89. The largest absolute Gasteiger partial charge is 0.491 e. The highest BCUT2D eigenvalue weighted by atomic mass is 16.5. The first-order valence-electron chi connectivity index (χ1n) is 11.6. The fourth-order valence-corrected chi connectivity index (χ4v) is 3.79. The quantitative estimate of drug-likeness (QED) is 0.249. The number of rotatable bonds is 11. The molecule has 0 bridgehead atoms. The second-order valence-corrected chi connectivity index (χ2v) is 8.22. The lowest BCUT2D eigenvalue weighted by Gasteiger charge is -2.23. The van der Waals surface area contributed by atoms with E-state index in [9.17, 15) is 14.8 Å². The number of carbonyl (C=O) groups excluding carboxylic acids is 2. The van der Waals surface area contributed by atoms with Crippen LogP contribution in [0.3, 0.4) is 0 Å². The molecule has 0 saturated carbocycles. The molecule has 6 nitrogen and oxygen atoms in total. The number of carbonyl (C=O) groups is 2. The van der Waals surface area contributed by atoms with Crippen molar-refractivity contribution in [3.63, 3.8) is 0 Å². The lowest BCUT2D eigenvalue weighted by molar-refractivity contribution is -0.162. The highest BCUT2D eigenvalue weighted by Crippen LogP contribution is 2.23. The van der Waals surface area contributed by atoms with Gasteiger partial charge in [-0.05, 0) is 68.1 Å². The van der Waals surface area contributed by atoms with Crippen molar-refractivity contribution < 1.29 is 19.5 Å². The van der Waals surface area contributed by atoms with Crippen molar-refractivity contribution in [1.82, 2.24) is 9.96 Å². The molecule has 0 aliphatic heterocycles. The minimum absolute atomic E-state index is 0.0374. The predicted octanol–water partition coefficient (Wildman–Crippen LogP) is 4.98. The minimum Gasteiger partial charge on any atom is -0.491 e. The Morgan fingerprint density at radius 1 is 0.971 bits per heavy atom. The summed E-state index contributed by atoms with van der Waals surface area (Å²) >= 11 is 0. The van der Waals surface area contributed by atoms with E-state index in [0.717, 1.165) is 16.7 Å². The molecule has 178 valence electrons. The predicted molar refractivity (Wildman–Crippen MR) is 133 cm³/mol. The van der Waals surface area contributed by atoms with E-state index in [2.05, 4.69) is 31.2 Å². The Hall–Kier alpha value is -3.64. The van der Waals surface area contributed by atoms with Gasteiger partial charge in [-0.3, -0.25) is 14.8 Å². The van der Waals surface area contributed by atoms with Crippen molar-refractivity contribution in [3.8, 4) is 16.9 Å². The van der Waals surface area contributed by atoms with Crippen molar-refractivity contribution in [3.05, 3.63) is 89.5 Å². The van der Waals surface area contributed by atoms with Crippen LogP contribution in [0.25, 0.3) is 11.1 Å². The zero-order chi connectivity index (χ0) is 24.5. The third-order valence-electron chi connectivity index (χ3n) is 5.86. The molecule has 34 heavy (non-hydrogen) atoms. The van der Waals surface area contributed by atoms with Gasteiger partial charge in [-0.2, -0.15) is 0 Å². The number of benzene rings is 3. The van der Waals surface area contributed by atoms with Crippen LogP contribution in [0.15, 0.2) is 72.8 Å². The van der Waals surface area contributed by atoms with Gasteiger partial charge in [0, 0.05) is 18.7 Å². The number of hydroxylamine groups is 2. The van der Waals surface area contributed by atoms with Gasteiger partial charge in [0.25, 0.3) is 5.91 Å². The van der Waals surface area contributed by atoms with E-state index in [-0.39, 0.29) is 12.5 Å². The molecule has 0 fully saturated rings. The average molecular weight is 461 g/mol. The molecule has 1 unspecified atom stereocenters. The summed E-state index contributed by atoms with van der Waals surface area (Å²) in [5.41, 5.74) is 4.83. The normalized spacial score (nSPS) is 11.5. The van der Waals surface area contributed by atoms with Crippen LogP contribution in [0.5, 0.6) is 5.75 Å². The number of hydrogen-bond acceptors (Lipinski definition) is 4. The molecule has 0 heterocycles. The van der Waals surface area contributed by atoms with Gasteiger partial charge < -0.3 is 9.64 Å². The van der Waals surface area contributed by atoms with E-state index >= 15 is 0 Å². The van der Waals surface area contributed by atoms with E-state index in [1.165, 1.54) is 5.56 Å². The first-order chi connectivity index (χ1) is 16.4. The van der Waals surface area contributed by atoms with Gasteiger partial charge in [-0.1, -0.05) is 54.1 Å². The van der Waals surface area contributed by atoms with Gasteiger partial charge >= 0.3 is 0 Å². The lowest BCUT2D eigenvalue weighted by Crippen LogP contribution is -2.38. The van der Waals surface area contributed by atoms with Crippen molar-refractivity contribution in [2.24, 2.45) is 0 Å². The standard InChI is InChI=1S/C28H32N2O4/c1-4-29(5-2)28(32)25-8-6-7-22(17-25)18-26(30(33)20-31)19-34-27-15-13-24(14-16-27)23-11-9-21(3)10-12-23/h6-17,20,26,33H,4-5,18-19H2,1-3H3. The van der Waals surface area contributed by atoms with Crippen LogP contribution in [-0.2, 0) is 11.2 Å². The number of ether oxygens (including phenoxy) is 1. The van der Waals surface area contributed by atoms with Gasteiger partial charge in [0.2, 0.25) is 6.41 Å². The Bertz CT molecular complexity index is 1080. The third-order valence-corrected chi connectivity index (χ3v) is 5.86. The molecule has 0 spiro atoms. The third kappa shape index (κ3) is 6.45. The van der Waals surface area contributed by atoms with Crippen molar-refractivity contribution in [1.29, 1.82) is 0 Å². The van der Waals surface area contributed by atoms with E-state index < -0.39 is 6.04 Å². The Kier molecular flexibility index (Phi) is 8.82. The fourth-order valence-electron chi connectivity index (χ4n) is 3.79. The number of aryl methyl sites for hydroxylation is 1. The van der Waals surface area contributed by atoms with Crippen molar-refractivity contribution >= 4 is 12.3 Å². The maximum Gasteiger partial charge on any atom is 0.253 e. The molecule has 1 atom stereocenters. The Labute approximate surface area is 201 Å². The second kappa shape index (κ2) is 12.0. The summed E-state index contributed by atoms with van der Waals surface area (Å²) in [5, 5.41) is 10.7. The van der Waals surface area contributed by atoms with Crippen LogP contribution >= 0.6 is 0 Å². The van der Waals surface area contributed by atoms with E-state index in [4.69, 9.17) is 4.74 Å². The van der Waals surface area contributed by atoms with Gasteiger partial charge in [0.15, 0.2) is 0 Å². The zero-order valence-corrected chi connectivity index (χ0v) is 20.0. The number of nitrogens with zero attached hydrogens (tertiary/aromatic N) is 2. The molecule has 0 aliphatic carbocycles. The van der Waals surface area contributed by atoms with Crippen molar-refractivity contribution in [2.75, 3.05) is 19.7 Å². The molecule has 0 aliphatic rings. The molecule has 0 radical (unpaired) electrons.